The molecule has 0 unspecified atom stereocenters. The molecule has 2 heterocycles. The lowest BCUT2D eigenvalue weighted by atomic mass is 10.0. The third-order valence-electron chi connectivity index (χ3n) is 4.67. The molecule has 0 radical (unpaired) electrons. The van der Waals surface area contributed by atoms with Crippen LogP contribution in [-0.4, -0.2) is 23.2 Å². The van der Waals surface area contributed by atoms with Gasteiger partial charge in [0.15, 0.2) is 0 Å². The normalized spacial score (nSPS) is 10.8. The minimum Gasteiger partial charge on any atom is -0.495 e. The predicted octanol–water partition coefficient (Wildman–Crippen LogP) is 5.23. The van der Waals surface area contributed by atoms with Crippen LogP contribution in [-0.2, 0) is 4.79 Å². The number of anilines is 1. The molecule has 30 heavy (non-hydrogen) atoms. The summed E-state index contributed by atoms with van der Waals surface area (Å²) < 4.78 is 19.9. The molecule has 7 heteroatoms. The van der Waals surface area contributed by atoms with Crippen LogP contribution in [0, 0.1) is 5.82 Å². The number of halogens is 2. The van der Waals surface area contributed by atoms with E-state index in [0.29, 0.717) is 27.6 Å². The Hall–Kier alpha value is -3.64. The number of hydrogen-bond acceptors (Lipinski definition) is 3. The Morgan fingerprint density at radius 3 is 2.50 bits per heavy atom. The lowest BCUT2D eigenvalue weighted by Crippen LogP contribution is -2.24. The van der Waals surface area contributed by atoms with Gasteiger partial charge in [-0.15, -0.1) is 0 Å². The van der Waals surface area contributed by atoms with Crippen LogP contribution in [0.4, 0.5) is 10.1 Å². The van der Waals surface area contributed by atoms with Gasteiger partial charge in [-0.1, -0.05) is 23.7 Å². The number of amides is 1. The van der Waals surface area contributed by atoms with Gasteiger partial charge in [-0.3, -0.25) is 9.59 Å². The SMILES string of the molecule is COc1ccc(-c2cc3ccccn3c2C(=O)C(=O)Nc2ccc(F)cc2)cc1Cl. The fourth-order valence-corrected chi connectivity index (χ4v) is 3.50. The molecule has 2 aromatic carbocycles. The second-order valence-electron chi connectivity index (χ2n) is 6.54. The summed E-state index contributed by atoms with van der Waals surface area (Å²) in [6, 6.07) is 17.6. The number of carbonyl (C=O) groups is 2. The maximum atomic E-state index is 13.1. The number of aromatic nitrogens is 1. The van der Waals surface area contributed by atoms with Crippen molar-refractivity contribution in [1.82, 2.24) is 4.40 Å². The van der Waals surface area contributed by atoms with Gasteiger partial charge in [0.05, 0.1) is 12.1 Å². The maximum absolute atomic E-state index is 13.1. The number of ether oxygens (including phenoxy) is 1. The fourth-order valence-electron chi connectivity index (χ4n) is 3.24. The lowest BCUT2D eigenvalue weighted by Gasteiger charge is -2.09. The Balaban J connectivity index is 1.78. The van der Waals surface area contributed by atoms with Gasteiger partial charge in [-0.25, -0.2) is 4.39 Å². The highest BCUT2D eigenvalue weighted by Crippen LogP contribution is 2.34. The van der Waals surface area contributed by atoms with Gasteiger partial charge in [0.2, 0.25) is 0 Å². The van der Waals surface area contributed by atoms with Gasteiger partial charge in [-0.2, -0.15) is 0 Å². The Morgan fingerprint density at radius 1 is 1.03 bits per heavy atom. The van der Waals surface area contributed by atoms with Crippen molar-refractivity contribution in [2.24, 2.45) is 0 Å². The van der Waals surface area contributed by atoms with Crippen molar-refractivity contribution in [1.29, 1.82) is 0 Å². The van der Waals surface area contributed by atoms with Crippen molar-refractivity contribution >= 4 is 34.5 Å². The monoisotopic (exact) mass is 422 g/mol. The van der Waals surface area contributed by atoms with E-state index in [4.69, 9.17) is 16.3 Å². The summed E-state index contributed by atoms with van der Waals surface area (Å²) in [6.45, 7) is 0. The largest absolute Gasteiger partial charge is 0.495 e. The van der Waals surface area contributed by atoms with E-state index in [9.17, 15) is 14.0 Å². The molecular weight excluding hydrogens is 407 g/mol. The molecule has 0 saturated heterocycles. The van der Waals surface area contributed by atoms with Crippen LogP contribution in [0.15, 0.2) is 72.9 Å². The third-order valence-corrected chi connectivity index (χ3v) is 4.96. The van der Waals surface area contributed by atoms with E-state index < -0.39 is 17.5 Å². The third kappa shape index (κ3) is 3.65. The number of ketones is 1. The molecule has 1 amide bonds. The van der Waals surface area contributed by atoms with Gasteiger partial charge in [0.1, 0.15) is 17.3 Å². The molecule has 5 nitrogen and oxygen atoms in total. The van der Waals surface area contributed by atoms with Gasteiger partial charge in [0.25, 0.3) is 11.7 Å². The first kappa shape index (κ1) is 19.7. The highest BCUT2D eigenvalue weighted by atomic mass is 35.5. The molecule has 0 fully saturated rings. The second kappa shape index (κ2) is 8.00. The summed E-state index contributed by atoms with van der Waals surface area (Å²) in [4.78, 5) is 25.8. The maximum Gasteiger partial charge on any atom is 0.298 e. The number of nitrogens with zero attached hydrogens (tertiary/aromatic N) is 1. The molecule has 0 aliphatic rings. The number of nitrogens with one attached hydrogen (secondary N) is 1. The molecule has 150 valence electrons. The summed E-state index contributed by atoms with van der Waals surface area (Å²) in [6.07, 6.45) is 1.71. The topological polar surface area (TPSA) is 59.8 Å². The van der Waals surface area contributed by atoms with Crippen molar-refractivity contribution in [3.8, 4) is 16.9 Å². The standard InChI is InChI=1S/C23H16ClFN2O3/c1-30-20-10-5-14(12-19(20)24)18-13-17-4-2-3-11-27(17)21(18)22(28)23(29)26-16-8-6-15(25)7-9-16/h2-13H,1H3,(H,26,29). The summed E-state index contributed by atoms with van der Waals surface area (Å²) in [5.74, 6) is -1.49. The fraction of sp³-hybridized carbons (Fsp3) is 0.0435. The molecule has 0 aliphatic heterocycles. The van der Waals surface area contributed by atoms with Gasteiger partial charge in [0, 0.05) is 23.0 Å². The van der Waals surface area contributed by atoms with Crippen molar-refractivity contribution in [3.05, 3.63) is 89.5 Å². The highest BCUT2D eigenvalue weighted by Gasteiger charge is 2.25. The molecule has 0 saturated carbocycles. The number of methoxy groups -OCH3 is 1. The van der Waals surface area contributed by atoms with Crippen LogP contribution < -0.4 is 10.1 Å². The molecule has 4 rings (SSSR count). The van der Waals surface area contributed by atoms with Crippen LogP contribution in [0.5, 0.6) is 5.75 Å². The van der Waals surface area contributed by atoms with Crippen LogP contribution in [0.2, 0.25) is 5.02 Å². The molecular formula is C23H16ClFN2O3. The number of benzene rings is 2. The Bertz CT molecular complexity index is 1270. The molecule has 0 atom stereocenters. The summed E-state index contributed by atoms with van der Waals surface area (Å²) >= 11 is 6.27. The summed E-state index contributed by atoms with van der Waals surface area (Å²) in [7, 11) is 1.52. The van der Waals surface area contributed by atoms with Crippen LogP contribution in [0.3, 0.4) is 0 Å². The lowest BCUT2D eigenvalue weighted by molar-refractivity contribution is -0.112. The number of rotatable bonds is 5. The van der Waals surface area contributed by atoms with E-state index in [1.165, 1.54) is 31.4 Å². The Kier molecular flexibility index (Phi) is 5.25. The zero-order valence-corrected chi connectivity index (χ0v) is 16.6. The number of Topliss-reactive ketones (excluding diaryl/α,β-unsaturated/α-hetero) is 1. The van der Waals surface area contributed by atoms with E-state index in [-0.39, 0.29) is 5.69 Å². The number of pyridine rings is 1. The molecule has 2 aromatic heterocycles. The molecule has 1 N–H and O–H groups in total. The van der Waals surface area contributed by atoms with Crippen molar-refractivity contribution < 1.29 is 18.7 Å². The van der Waals surface area contributed by atoms with Crippen molar-refractivity contribution in [3.63, 3.8) is 0 Å². The Morgan fingerprint density at radius 2 is 1.80 bits per heavy atom. The van der Waals surface area contributed by atoms with Gasteiger partial charge >= 0.3 is 0 Å². The Labute approximate surface area is 176 Å². The van der Waals surface area contributed by atoms with Crippen molar-refractivity contribution in [2.75, 3.05) is 12.4 Å². The smallest absolute Gasteiger partial charge is 0.298 e. The number of hydrogen-bond donors (Lipinski definition) is 1. The van der Waals surface area contributed by atoms with E-state index in [0.717, 1.165) is 5.52 Å². The van der Waals surface area contributed by atoms with E-state index in [1.807, 2.05) is 18.2 Å². The first-order chi connectivity index (χ1) is 14.5. The van der Waals surface area contributed by atoms with Crippen LogP contribution >= 0.6 is 11.6 Å². The van der Waals surface area contributed by atoms with Crippen LogP contribution in [0.25, 0.3) is 16.6 Å². The zero-order valence-electron chi connectivity index (χ0n) is 15.9. The summed E-state index contributed by atoms with van der Waals surface area (Å²) in [5.41, 5.74) is 2.50. The van der Waals surface area contributed by atoms with Crippen LogP contribution in [0.1, 0.15) is 10.5 Å². The molecule has 0 aliphatic carbocycles. The first-order valence-corrected chi connectivity index (χ1v) is 9.41. The average molecular weight is 423 g/mol. The van der Waals surface area contributed by atoms with E-state index in [1.54, 1.807) is 34.9 Å². The molecule has 4 aromatic rings. The average Bonchev–Trinajstić information content (AvgIpc) is 3.14. The number of carbonyl (C=O) groups excluding carboxylic acids is 2. The zero-order chi connectivity index (χ0) is 21.3. The minimum atomic E-state index is -0.827. The number of fused-ring (bicyclic) bond motifs is 1. The predicted molar refractivity (Wildman–Crippen MR) is 114 cm³/mol. The van der Waals surface area contributed by atoms with Crippen molar-refractivity contribution in [2.45, 2.75) is 0 Å². The minimum absolute atomic E-state index is 0.200. The summed E-state index contributed by atoms with van der Waals surface area (Å²) in [5, 5.41) is 2.90. The van der Waals surface area contributed by atoms with E-state index >= 15 is 0 Å². The second-order valence-corrected chi connectivity index (χ2v) is 6.95. The highest BCUT2D eigenvalue weighted by molar-refractivity contribution is 6.47. The quantitative estimate of drug-likeness (QED) is 0.354. The van der Waals surface area contributed by atoms with E-state index in [2.05, 4.69) is 5.32 Å². The van der Waals surface area contributed by atoms with Gasteiger partial charge < -0.3 is 14.5 Å². The molecule has 0 spiro atoms. The first-order valence-electron chi connectivity index (χ1n) is 9.03. The van der Waals surface area contributed by atoms with Gasteiger partial charge in [-0.05, 0) is 60.2 Å². The molecule has 0 bridgehead atoms.